The summed E-state index contributed by atoms with van der Waals surface area (Å²) >= 11 is 0. The highest BCUT2D eigenvalue weighted by Crippen LogP contribution is 2.30. The number of carbonyl (C=O) groups is 1. The maximum absolute atomic E-state index is 12.6. The van der Waals surface area contributed by atoms with Crippen molar-refractivity contribution in [2.75, 3.05) is 0 Å². The number of nitrogens with one attached hydrogen (secondary N) is 1. The standard InChI is InChI=1S/C18H18N2O2/c1-20-15-9-10-22-17(15)11-16(20)18(21)19-14-8-4-6-12-5-2-3-7-13(12)14/h2-3,5,7,9-11,14H,4,6,8H2,1H3,(H,19,21). The molecule has 1 unspecified atom stereocenters. The first kappa shape index (κ1) is 13.2. The Morgan fingerprint density at radius 1 is 1.32 bits per heavy atom. The van der Waals surface area contributed by atoms with Gasteiger partial charge in [-0.3, -0.25) is 4.79 Å². The van der Waals surface area contributed by atoms with Gasteiger partial charge in [0.1, 0.15) is 5.69 Å². The van der Waals surface area contributed by atoms with E-state index in [0.717, 1.165) is 30.4 Å². The third kappa shape index (κ3) is 2.03. The topological polar surface area (TPSA) is 47.2 Å². The number of nitrogens with zero attached hydrogens (tertiary/aromatic N) is 1. The molecule has 1 aliphatic carbocycles. The van der Waals surface area contributed by atoms with Crippen molar-refractivity contribution in [1.82, 2.24) is 9.88 Å². The second-order valence-corrected chi connectivity index (χ2v) is 5.88. The molecule has 0 spiro atoms. The summed E-state index contributed by atoms with van der Waals surface area (Å²) in [5, 5.41) is 3.18. The Morgan fingerprint density at radius 2 is 2.18 bits per heavy atom. The van der Waals surface area contributed by atoms with Crippen LogP contribution in [0.4, 0.5) is 0 Å². The molecule has 112 valence electrons. The van der Waals surface area contributed by atoms with Gasteiger partial charge in [0.15, 0.2) is 5.58 Å². The van der Waals surface area contributed by atoms with Crippen LogP contribution >= 0.6 is 0 Å². The van der Waals surface area contributed by atoms with Crippen molar-refractivity contribution >= 4 is 17.0 Å². The zero-order chi connectivity index (χ0) is 15.1. The van der Waals surface area contributed by atoms with Crippen molar-refractivity contribution in [3.05, 3.63) is 59.5 Å². The van der Waals surface area contributed by atoms with Crippen LogP contribution < -0.4 is 5.32 Å². The van der Waals surface area contributed by atoms with Gasteiger partial charge in [0.2, 0.25) is 0 Å². The van der Waals surface area contributed by atoms with E-state index in [1.165, 1.54) is 11.1 Å². The fourth-order valence-corrected chi connectivity index (χ4v) is 3.40. The number of amides is 1. The largest absolute Gasteiger partial charge is 0.463 e. The first-order chi connectivity index (χ1) is 10.7. The smallest absolute Gasteiger partial charge is 0.268 e. The zero-order valence-corrected chi connectivity index (χ0v) is 12.5. The summed E-state index contributed by atoms with van der Waals surface area (Å²) in [6.45, 7) is 0. The predicted octanol–water partition coefficient (Wildman–Crippen LogP) is 3.58. The summed E-state index contributed by atoms with van der Waals surface area (Å²) in [6, 6.07) is 12.2. The van der Waals surface area contributed by atoms with Crippen LogP contribution in [-0.2, 0) is 13.5 Å². The minimum atomic E-state index is -0.0457. The van der Waals surface area contributed by atoms with E-state index in [2.05, 4.69) is 23.5 Å². The van der Waals surface area contributed by atoms with Gasteiger partial charge in [0.05, 0.1) is 17.8 Å². The second kappa shape index (κ2) is 5.05. The molecular weight excluding hydrogens is 276 g/mol. The fraction of sp³-hybridized carbons (Fsp3) is 0.278. The summed E-state index contributed by atoms with van der Waals surface area (Å²) in [6.07, 6.45) is 4.84. The molecule has 3 aromatic rings. The lowest BCUT2D eigenvalue weighted by atomic mass is 9.87. The number of aromatic nitrogens is 1. The fourth-order valence-electron chi connectivity index (χ4n) is 3.40. The minimum Gasteiger partial charge on any atom is -0.463 e. The van der Waals surface area contributed by atoms with E-state index in [4.69, 9.17) is 4.42 Å². The molecular formula is C18H18N2O2. The van der Waals surface area contributed by atoms with E-state index in [1.54, 1.807) is 12.3 Å². The van der Waals surface area contributed by atoms with E-state index < -0.39 is 0 Å². The normalized spacial score (nSPS) is 17.4. The third-order valence-corrected chi connectivity index (χ3v) is 4.57. The van der Waals surface area contributed by atoms with Gasteiger partial charge in [-0.1, -0.05) is 24.3 Å². The monoisotopic (exact) mass is 294 g/mol. The van der Waals surface area contributed by atoms with Gasteiger partial charge in [-0.05, 0) is 30.4 Å². The van der Waals surface area contributed by atoms with Gasteiger partial charge in [0, 0.05) is 19.2 Å². The van der Waals surface area contributed by atoms with E-state index >= 15 is 0 Å². The Kier molecular flexibility index (Phi) is 3.03. The molecule has 4 nitrogen and oxygen atoms in total. The lowest BCUT2D eigenvalue weighted by molar-refractivity contribution is 0.0925. The second-order valence-electron chi connectivity index (χ2n) is 5.88. The quantitative estimate of drug-likeness (QED) is 0.785. The molecule has 2 heterocycles. The first-order valence-corrected chi connectivity index (χ1v) is 7.65. The van der Waals surface area contributed by atoms with Crippen LogP contribution in [0.5, 0.6) is 0 Å². The molecule has 0 saturated heterocycles. The average Bonchev–Trinajstić information content (AvgIpc) is 3.11. The van der Waals surface area contributed by atoms with Crippen molar-refractivity contribution < 1.29 is 9.21 Å². The van der Waals surface area contributed by atoms with E-state index in [-0.39, 0.29) is 11.9 Å². The molecule has 4 rings (SSSR count). The SMILES string of the molecule is Cn1c(C(=O)NC2CCCc3ccccc32)cc2occc21. The lowest BCUT2D eigenvalue weighted by Crippen LogP contribution is -2.32. The molecule has 1 aliphatic rings. The number of hydrogen-bond acceptors (Lipinski definition) is 2. The molecule has 0 aliphatic heterocycles. The van der Waals surface area contributed by atoms with Crippen molar-refractivity contribution in [3.8, 4) is 0 Å². The lowest BCUT2D eigenvalue weighted by Gasteiger charge is -2.26. The molecule has 0 saturated carbocycles. The summed E-state index contributed by atoms with van der Waals surface area (Å²) in [5.41, 5.74) is 4.92. The summed E-state index contributed by atoms with van der Waals surface area (Å²) in [4.78, 5) is 12.6. The van der Waals surface area contributed by atoms with E-state index in [9.17, 15) is 4.79 Å². The van der Waals surface area contributed by atoms with Gasteiger partial charge in [-0.25, -0.2) is 0 Å². The van der Waals surface area contributed by atoms with Gasteiger partial charge < -0.3 is 14.3 Å². The van der Waals surface area contributed by atoms with E-state index in [0.29, 0.717) is 5.69 Å². The zero-order valence-electron chi connectivity index (χ0n) is 12.5. The molecule has 22 heavy (non-hydrogen) atoms. The maximum atomic E-state index is 12.6. The highest BCUT2D eigenvalue weighted by atomic mass is 16.3. The van der Waals surface area contributed by atoms with E-state index in [1.807, 2.05) is 23.7 Å². The maximum Gasteiger partial charge on any atom is 0.268 e. The molecule has 1 amide bonds. The number of benzene rings is 1. The Hall–Kier alpha value is -2.49. The molecule has 4 heteroatoms. The third-order valence-electron chi connectivity index (χ3n) is 4.57. The Balaban J connectivity index is 1.63. The number of hydrogen-bond donors (Lipinski definition) is 1. The van der Waals surface area contributed by atoms with Crippen LogP contribution in [0.15, 0.2) is 47.1 Å². The van der Waals surface area contributed by atoms with Gasteiger partial charge in [0.25, 0.3) is 5.91 Å². The Bertz CT molecular complexity index is 844. The first-order valence-electron chi connectivity index (χ1n) is 7.65. The van der Waals surface area contributed by atoms with Crippen molar-refractivity contribution in [3.63, 3.8) is 0 Å². The van der Waals surface area contributed by atoms with Gasteiger partial charge >= 0.3 is 0 Å². The highest BCUT2D eigenvalue weighted by molar-refractivity contribution is 5.97. The number of furan rings is 1. The van der Waals surface area contributed by atoms with Gasteiger partial charge in [-0.15, -0.1) is 0 Å². The number of fused-ring (bicyclic) bond motifs is 2. The molecule has 1 N–H and O–H groups in total. The highest BCUT2D eigenvalue weighted by Gasteiger charge is 2.23. The average molecular weight is 294 g/mol. The van der Waals surface area contributed by atoms with Crippen LogP contribution in [0.3, 0.4) is 0 Å². The number of aryl methyl sites for hydroxylation is 2. The summed E-state index contributed by atoms with van der Waals surface area (Å²) in [7, 11) is 1.89. The molecule has 0 radical (unpaired) electrons. The van der Waals surface area contributed by atoms with Crippen molar-refractivity contribution in [2.45, 2.75) is 25.3 Å². The van der Waals surface area contributed by atoms with Gasteiger partial charge in [-0.2, -0.15) is 0 Å². The minimum absolute atomic E-state index is 0.0457. The van der Waals surface area contributed by atoms with Crippen LogP contribution in [0.25, 0.3) is 11.1 Å². The predicted molar refractivity (Wildman–Crippen MR) is 84.8 cm³/mol. The number of carbonyl (C=O) groups excluding carboxylic acids is 1. The van der Waals surface area contributed by atoms with Crippen molar-refractivity contribution in [2.24, 2.45) is 7.05 Å². The van der Waals surface area contributed by atoms with Crippen molar-refractivity contribution in [1.29, 1.82) is 0 Å². The molecule has 1 aromatic carbocycles. The summed E-state index contributed by atoms with van der Waals surface area (Å²) < 4.78 is 7.25. The molecule has 1 atom stereocenters. The molecule has 0 bridgehead atoms. The summed E-state index contributed by atoms with van der Waals surface area (Å²) in [5.74, 6) is -0.0457. The number of rotatable bonds is 2. The Morgan fingerprint density at radius 3 is 3.05 bits per heavy atom. The molecule has 2 aromatic heterocycles. The van der Waals surface area contributed by atoms with Crippen LogP contribution in [0, 0.1) is 0 Å². The van der Waals surface area contributed by atoms with Crippen LogP contribution in [0.1, 0.15) is 40.5 Å². The molecule has 0 fully saturated rings. The van der Waals surface area contributed by atoms with Crippen LogP contribution in [0.2, 0.25) is 0 Å². The van der Waals surface area contributed by atoms with Crippen LogP contribution in [-0.4, -0.2) is 10.5 Å². The Labute approximate surface area is 128 Å².